The quantitative estimate of drug-likeness (QED) is 0.637. The van der Waals surface area contributed by atoms with Crippen LogP contribution in [0.2, 0.25) is 0 Å². The minimum Gasteiger partial charge on any atom is -0.254 e. The summed E-state index contributed by atoms with van der Waals surface area (Å²) >= 11 is 0. The van der Waals surface area contributed by atoms with Crippen LogP contribution in [0.25, 0.3) is 0 Å². The Balaban J connectivity index is 3.02. The van der Waals surface area contributed by atoms with Gasteiger partial charge in [-0.3, -0.25) is 4.98 Å². The van der Waals surface area contributed by atoms with Crippen molar-refractivity contribution in [2.45, 2.75) is 19.5 Å². The van der Waals surface area contributed by atoms with Gasteiger partial charge in [0, 0.05) is 6.20 Å². The molecule has 0 bridgehead atoms. The smallest absolute Gasteiger partial charge is 0.254 e. The molecule has 1 rings (SSSR count). The zero-order valence-electron chi connectivity index (χ0n) is 6.44. The number of aryl methyl sites for hydroxylation is 1. The van der Waals surface area contributed by atoms with E-state index in [-0.39, 0.29) is 0 Å². The van der Waals surface area contributed by atoms with Gasteiger partial charge in [-0.25, -0.2) is 0 Å². The number of rotatable bonds is 1. The lowest BCUT2D eigenvalue weighted by atomic mass is 10.1. The molecule has 0 unspecified atom stereocenters. The zero-order chi connectivity index (χ0) is 9.19. The maximum absolute atomic E-state index is 12.1. The van der Waals surface area contributed by atoms with E-state index in [1.807, 2.05) is 0 Å². The Kier molecular flexibility index (Phi) is 2.35. The van der Waals surface area contributed by atoms with Gasteiger partial charge in [-0.15, -0.1) is 0 Å². The van der Waals surface area contributed by atoms with Crippen molar-refractivity contribution in [3.63, 3.8) is 0 Å². The van der Waals surface area contributed by atoms with Gasteiger partial charge in [0.2, 0.25) is 0 Å². The predicted octanol–water partition coefficient (Wildman–Crippen LogP) is 2.46. The highest BCUT2D eigenvalue weighted by atomic mass is 19.4. The molecule has 1 nitrogen and oxygen atoms in total. The van der Waals surface area contributed by atoms with Gasteiger partial charge < -0.3 is 0 Å². The normalized spacial score (nSPS) is 11.7. The third-order valence-electron chi connectivity index (χ3n) is 1.45. The molecule has 0 spiro atoms. The van der Waals surface area contributed by atoms with Crippen LogP contribution in [0, 0.1) is 6.20 Å². The lowest BCUT2D eigenvalue weighted by molar-refractivity contribution is -0.137. The zero-order valence-corrected chi connectivity index (χ0v) is 6.44. The maximum Gasteiger partial charge on any atom is 0.417 e. The molecular formula is C8H7F3N. The van der Waals surface area contributed by atoms with Gasteiger partial charge in [-0.2, -0.15) is 13.2 Å². The molecule has 1 aromatic rings. The SMILES string of the molecule is CCc1[c]ncc(C(F)(F)F)c1. The lowest BCUT2D eigenvalue weighted by Crippen LogP contribution is -2.06. The number of hydrogen-bond acceptors (Lipinski definition) is 1. The molecule has 12 heavy (non-hydrogen) atoms. The third kappa shape index (κ3) is 1.96. The summed E-state index contributed by atoms with van der Waals surface area (Å²) in [5.41, 5.74) is -0.233. The standard InChI is InChI=1S/C8H7F3N/c1-2-6-3-7(5-12-4-6)8(9,10)11/h3,5H,2H2,1H3. The fourth-order valence-corrected chi connectivity index (χ4v) is 0.778. The monoisotopic (exact) mass is 174 g/mol. The van der Waals surface area contributed by atoms with E-state index < -0.39 is 11.7 Å². The summed E-state index contributed by atoms with van der Waals surface area (Å²) in [5.74, 6) is 0. The summed E-state index contributed by atoms with van der Waals surface area (Å²) in [6.07, 6.45) is -0.531. The van der Waals surface area contributed by atoms with Crippen LogP contribution < -0.4 is 0 Å². The van der Waals surface area contributed by atoms with E-state index >= 15 is 0 Å². The predicted molar refractivity (Wildman–Crippen MR) is 37.5 cm³/mol. The number of halogens is 3. The molecule has 0 N–H and O–H groups in total. The summed E-state index contributed by atoms with van der Waals surface area (Å²) in [6, 6.07) is 1.06. The van der Waals surface area contributed by atoms with E-state index in [0.29, 0.717) is 12.0 Å². The first kappa shape index (κ1) is 9.03. The van der Waals surface area contributed by atoms with E-state index in [2.05, 4.69) is 11.2 Å². The second-order valence-electron chi connectivity index (χ2n) is 2.35. The molecule has 0 saturated carbocycles. The summed E-state index contributed by atoms with van der Waals surface area (Å²) in [4.78, 5) is 3.38. The molecule has 0 aliphatic heterocycles. The van der Waals surface area contributed by atoms with Crippen LogP contribution in [0.4, 0.5) is 13.2 Å². The van der Waals surface area contributed by atoms with Gasteiger partial charge in [-0.1, -0.05) is 6.92 Å². The summed E-state index contributed by atoms with van der Waals surface area (Å²) in [6.45, 7) is 1.76. The molecule has 0 aliphatic carbocycles. The van der Waals surface area contributed by atoms with Crippen molar-refractivity contribution in [3.05, 3.63) is 29.6 Å². The summed E-state index contributed by atoms with van der Waals surface area (Å²) in [7, 11) is 0. The largest absolute Gasteiger partial charge is 0.417 e. The number of nitrogens with zero attached hydrogens (tertiary/aromatic N) is 1. The van der Waals surface area contributed by atoms with Crippen LogP contribution in [-0.2, 0) is 12.6 Å². The van der Waals surface area contributed by atoms with Crippen LogP contribution in [0.1, 0.15) is 18.1 Å². The maximum atomic E-state index is 12.1. The van der Waals surface area contributed by atoms with Crippen LogP contribution >= 0.6 is 0 Å². The van der Waals surface area contributed by atoms with Gasteiger partial charge >= 0.3 is 6.18 Å². The Morgan fingerprint density at radius 1 is 1.50 bits per heavy atom. The Morgan fingerprint density at radius 3 is 2.67 bits per heavy atom. The Morgan fingerprint density at radius 2 is 2.17 bits per heavy atom. The first-order chi connectivity index (χ1) is 5.54. The van der Waals surface area contributed by atoms with Crippen molar-refractivity contribution < 1.29 is 13.2 Å². The summed E-state index contributed by atoms with van der Waals surface area (Å²) < 4.78 is 36.2. The Hall–Kier alpha value is -1.06. The van der Waals surface area contributed by atoms with Crippen molar-refractivity contribution in [2.24, 2.45) is 0 Å². The van der Waals surface area contributed by atoms with Crippen LogP contribution in [0.15, 0.2) is 12.3 Å². The van der Waals surface area contributed by atoms with Gasteiger partial charge in [0.1, 0.15) is 0 Å². The fraction of sp³-hybridized carbons (Fsp3) is 0.375. The lowest BCUT2D eigenvalue weighted by Gasteiger charge is -2.05. The van der Waals surface area contributed by atoms with Crippen LogP contribution in [0.3, 0.4) is 0 Å². The molecule has 0 atom stereocenters. The van der Waals surface area contributed by atoms with Crippen LogP contribution in [-0.4, -0.2) is 4.98 Å². The second kappa shape index (κ2) is 3.13. The van der Waals surface area contributed by atoms with E-state index in [1.165, 1.54) is 0 Å². The van der Waals surface area contributed by atoms with Gasteiger partial charge in [0.05, 0.1) is 11.8 Å². The van der Waals surface area contributed by atoms with E-state index in [9.17, 15) is 13.2 Å². The first-order valence-electron chi connectivity index (χ1n) is 3.48. The van der Waals surface area contributed by atoms with Gasteiger partial charge in [0.15, 0.2) is 0 Å². The number of hydrogen-bond donors (Lipinski definition) is 0. The Labute approximate surface area is 68.2 Å². The van der Waals surface area contributed by atoms with Crippen molar-refractivity contribution >= 4 is 0 Å². The minimum absolute atomic E-state index is 0.477. The van der Waals surface area contributed by atoms with Crippen molar-refractivity contribution in [2.75, 3.05) is 0 Å². The molecule has 0 saturated heterocycles. The van der Waals surface area contributed by atoms with Crippen LogP contribution in [0.5, 0.6) is 0 Å². The number of alkyl halides is 3. The molecule has 0 aromatic carbocycles. The minimum atomic E-state index is -4.30. The third-order valence-corrected chi connectivity index (χ3v) is 1.45. The fourth-order valence-electron chi connectivity index (χ4n) is 0.778. The average Bonchev–Trinajstić information content (AvgIpc) is 2.03. The molecule has 1 aromatic heterocycles. The van der Waals surface area contributed by atoms with Crippen molar-refractivity contribution in [1.29, 1.82) is 0 Å². The van der Waals surface area contributed by atoms with Crippen molar-refractivity contribution in [3.8, 4) is 0 Å². The van der Waals surface area contributed by atoms with E-state index in [1.54, 1.807) is 6.92 Å². The number of pyridine rings is 1. The first-order valence-corrected chi connectivity index (χ1v) is 3.48. The number of aromatic nitrogens is 1. The summed E-state index contributed by atoms with van der Waals surface area (Å²) in [5, 5.41) is 0. The molecule has 4 heteroatoms. The van der Waals surface area contributed by atoms with Crippen molar-refractivity contribution in [1.82, 2.24) is 4.98 Å². The Bertz CT molecular complexity index is 267. The second-order valence-corrected chi connectivity index (χ2v) is 2.35. The molecular weight excluding hydrogens is 167 g/mol. The molecule has 0 amide bonds. The highest BCUT2D eigenvalue weighted by Gasteiger charge is 2.30. The molecule has 0 fully saturated rings. The highest BCUT2D eigenvalue weighted by Crippen LogP contribution is 2.28. The van der Waals surface area contributed by atoms with E-state index in [0.717, 1.165) is 12.3 Å². The molecule has 65 valence electrons. The molecule has 1 radical (unpaired) electrons. The van der Waals surface area contributed by atoms with Gasteiger partial charge in [-0.05, 0) is 18.1 Å². The van der Waals surface area contributed by atoms with Gasteiger partial charge in [0.25, 0.3) is 0 Å². The van der Waals surface area contributed by atoms with E-state index in [4.69, 9.17) is 0 Å². The molecule has 0 aliphatic rings. The average molecular weight is 174 g/mol. The molecule has 1 heterocycles. The highest BCUT2D eigenvalue weighted by molar-refractivity contribution is 5.19. The topological polar surface area (TPSA) is 12.9 Å².